The highest BCUT2D eigenvalue weighted by molar-refractivity contribution is 9.10. The molecule has 4 aliphatic rings. The average Bonchev–Trinajstić information content (AvgIpc) is 2.79. The predicted molar refractivity (Wildman–Crippen MR) is 134 cm³/mol. The Morgan fingerprint density at radius 1 is 1.00 bits per heavy atom. The first-order valence-electron chi connectivity index (χ1n) is 12.3. The molecule has 2 atom stereocenters. The van der Waals surface area contributed by atoms with Crippen molar-refractivity contribution >= 4 is 15.9 Å². The van der Waals surface area contributed by atoms with Gasteiger partial charge in [0, 0.05) is 56.3 Å². The average molecular weight is 499 g/mol. The molecule has 2 saturated heterocycles. The minimum Gasteiger partial charge on any atom is -0.379 e. The molecule has 2 fully saturated rings. The molecule has 2 aromatic carbocycles. The number of halogens is 1. The third kappa shape index (κ3) is 5.63. The minimum absolute atomic E-state index is 0.674. The fourth-order valence-electron chi connectivity index (χ4n) is 5.65. The zero-order valence-corrected chi connectivity index (χ0v) is 20.7. The highest BCUT2D eigenvalue weighted by Crippen LogP contribution is 2.33. The first kappa shape index (κ1) is 22.5. The number of piperidine rings is 1. The quantitative estimate of drug-likeness (QED) is 0.578. The maximum atomic E-state index is 5.43. The second-order valence-corrected chi connectivity index (χ2v) is 10.6. The van der Waals surface area contributed by atoms with Gasteiger partial charge in [-0.1, -0.05) is 52.3 Å². The summed E-state index contributed by atoms with van der Waals surface area (Å²) < 4.78 is 6.66. The second-order valence-electron chi connectivity index (χ2n) is 9.76. The maximum Gasteiger partial charge on any atom is 0.0594 e. The van der Waals surface area contributed by atoms with Crippen LogP contribution in [0.15, 0.2) is 46.9 Å². The summed E-state index contributed by atoms with van der Waals surface area (Å²) in [6.07, 6.45) is 5.17. The number of morpholine rings is 1. The van der Waals surface area contributed by atoms with Crippen molar-refractivity contribution in [1.29, 1.82) is 0 Å². The largest absolute Gasteiger partial charge is 0.379 e. The van der Waals surface area contributed by atoms with Gasteiger partial charge in [0.1, 0.15) is 0 Å². The molecule has 3 aliphatic heterocycles. The number of nitrogens with one attached hydrogen (secondary N) is 1. The van der Waals surface area contributed by atoms with Crippen LogP contribution in [0.25, 0.3) is 0 Å². The topological polar surface area (TPSA) is 27.7 Å². The summed E-state index contributed by atoms with van der Waals surface area (Å²) in [5.41, 5.74) is 5.94. The third-order valence-electron chi connectivity index (χ3n) is 7.53. The Morgan fingerprint density at radius 3 is 2.62 bits per heavy atom. The number of hydrogen-bond acceptors (Lipinski definition) is 4. The van der Waals surface area contributed by atoms with E-state index in [1.807, 2.05) is 0 Å². The number of hydrogen-bond donors (Lipinski definition) is 1. The van der Waals surface area contributed by atoms with Gasteiger partial charge in [-0.3, -0.25) is 9.80 Å². The molecule has 0 radical (unpaired) electrons. The molecule has 0 aromatic heterocycles. The molecule has 2 bridgehead atoms. The van der Waals surface area contributed by atoms with E-state index < -0.39 is 0 Å². The smallest absolute Gasteiger partial charge is 0.0594 e. The van der Waals surface area contributed by atoms with Crippen LogP contribution < -0.4 is 5.32 Å². The summed E-state index contributed by atoms with van der Waals surface area (Å²) in [6, 6.07) is 16.8. The van der Waals surface area contributed by atoms with Crippen LogP contribution in [-0.2, 0) is 30.7 Å². The van der Waals surface area contributed by atoms with Crippen LogP contribution in [0.3, 0.4) is 0 Å². The zero-order valence-electron chi connectivity index (χ0n) is 19.1. The standard InChI is InChI=1S/C27H36BrN3O/c28-27-16-22(5-7-25(27)18-29-9-10-30-11-13-32-14-12-30)20-31-19-21-6-8-26(31)17-24-4-2-1-3-23(24)15-21/h1-5,7,16,21,26,29H,6,8-15,17-20H2/t21-,26+/m1/s1. The summed E-state index contributed by atoms with van der Waals surface area (Å²) >= 11 is 3.85. The van der Waals surface area contributed by atoms with Crippen LogP contribution in [0.2, 0.25) is 0 Å². The van der Waals surface area contributed by atoms with Crippen LogP contribution in [-0.4, -0.2) is 61.8 Å². The molecule has 172 valence electrons. The highest BCUT2D eigenvalue weighted by atomic mass is 79.9. The molecule has 32 heavy (non-hydrogen) atoms. The first-order chi connectivity index (χ1) is 15.7. The van der Waals surface area contributed by atoms with Crippen molar-refractivity contribution in [2.45, 2.75) is 44.8 Å². The van der Waals surface area contributed by atoms with Gasteiger partial charge in [0.25, 0.3) is 0 Å². The van der Waals surface area contributed by atoms with E-state index in [2.05, 4.69) is 73.5 Å². The molecule has 3 heterocycles. The van der Waals surface area contributed by atoms with E-state index in [1.165, 1.54) is 47.8 Å². The molecular formula is C27H36BrN3O. The highest BCUT2D eigenvalue weighted by Gasteiger charge is 2.31. The second kappa shape index (κ2) is 10.8. The number of fused-ring (bicyclic) bond motifs is 2. The van der Waals surface area contributed by atoms with Gasteiger partial charge < -0.3 is 10.1 Å². The Balaban J connectivity index is 1.16. The van der Waals surface area contributed by atoms with Crippen molar-refractivity contribution in [3.63, 3.8) is 0 Å². The van der Waals surface area contributed by atoms with Crippen molar-refractivity contribution in [2.75, 3.05) is 45.9 Å². The lowest BCUT2D eigenvalue weighted by molar-refractivity contribution is 0.0384. The summed E-state index contributed by atoms with van der Waals surface area (Å²) in [5, 5.41) is 3.61. The fraction of sp³-hybridized carbons (Fsp3) is 0.556. The number of benzene rings is 2. The Kier molecular flexibility index (Phi) is 7.60. The van der Waals surface area contributed by atoms with Crippen molar-refractivity contribution < 1.29 is 4.74 Å². The van der Waals surface area contributed by atoms with Gasteiger partial charge in [-0.2, -0.15) is 0 Å². The van der Waals surface area contributed by atoms with Gasteiger partial charge in [0.15, 0.2) is 0 Å². The van der Waals surface area contributed by atoms with Crippen molar-refractivity contribution in [3.8, 4) is 0 Å². The van der Waals surface area contributed by atoms with E-state index in [-0.39, 0.29) is 0 Å². The lowest BCUT2D eigenvalue weighted by Crippen LogP contribution is -2.46. The minimum atomic E-state index is 0.674. The van der Waals surface area contributed by atoms with Crippen LogP contribution in [0.4, 0.5) is 0 Å². The number of rotatable bonds is 7. The predicted octanol–water partition coefficient (Wildman–Crippen LogP) is 4.25. The van der Waals surface area contributed by atoms with E-state index in [0.717, 1.165) is 58.4 Å². The first-order valence-corrected chi connectivity index (χ1v) is 13.1. The molecular weight excluding hydrogens is 462 g/mol. The van der Waals surface area contributed by atoms with Crippen molar-refractivity contribution in [3.05, 3.63) is 69.2 Å². The summed E-state index contributed by atoms with van der Waals surface area (Å²) in [5.74, 6) is 0.797. The molecule has 6 rings (SSSR count). The lowest BCUT2D eigenvalue weighted by atomic mass is 9.80. The molecule has 5 heteroatoms. The summed E-state index contributed by atoms with van der Waals surface area (Å²) in [6.45, 7) is 9.20. The van der Waals surface area contributed by atoms with Crippen LogP contribution in [0.5, 0.6) is 0 Å². The van der Waals surface area contributed by atoms with Gasteiger partial charge in [0.05, 0.1) is 13.2 Å². The van der Waals surface area contributed by atoms with Crippen LogP contribution in [0, 0.1) is 5.92 Å². The maximum absolute atomic E-state index is 5.43. The Bertz CT molecular complexity index is 898. The molecule has 0 amide bonds. The zero-order chi connectivity index (χ0) is 21.8. The molecule has 0 unspecified atom stereocenters. The van der Waals surface area contributed by atoms with Gasteiger partial charge in [0.2, 0.25) is 0 Å². The molecule has 4 nitrogen and oxygen atoms in total. The van der Waals surface area contributed by atoms with E-state index >= 15 is 0 Å². The van der Waals surface area contributed by atoms with Crippen LogP contribution in [0.1, 0.15) is 35.1 Å². The number of ether oxygens (including phenoxy) is 1. The van der Waals surface area contributed by atoms with Gasteiger partial charge in [-0.15, -0.1) is 0 Å². The molecule has 1 aliphatic carbocycles. The van der Waals surface area contributed by atoms with E-state index in [1.54, 1.807) is 11.1 Å². The monoisotopic (exact) mass is 497 g/mol. The third-order valence-corrected chi connectivity index (χ3v) is 8.27. The molecule has 2 aromatic rings. The van der Waals surface area contributed by atoms with Crippen molar-refractivity contribution in [2.24, 2.45) is 5.92 Å². The molecule has 0 spiro atoms. The van der Waals surface area contributed by atoms with Crippen LogP contribution >= 0.6 is 15.9 Å². The summed E-state index contributed by atoms with van der Waals surface area (Å²) in [4.78, 5) is 5.23. The lowest BCUT2D eigenvalue weighted by Gasteiger charge is -2.42. The van der Waals surface area contributed by atoms with Gasteiger partial charge in [-0.25, -0.2) is 0 Å². The Hall–Kier alpha value is -1.24. The molecule has 0 saturated carbocycles. The van der Waals surface area contributed by atoms with E-state index in [4.69, 9.17) is 4.74 Å². The normalized spacial score (nSPS) is 24.2. The summed E-state index contributed by atoms with van der Waals surface area (Å²) in [7, 11) is 0. The fourth-order valence-corrected chi connectivity index (χ4v) is 6.21. The number of nitrogens with zero attached hydrogens (tertiary/aromatic N) is 2. The Labute approximate surface area is 201 Å². The van der Waals surface area contributed by atoms with E-state index in [9.17, 15) is 0 Å². The van der Waals surface area contributed by atoms with E-state index in [0.29, 0.717) is 6.04 Å². The Morgan fingerprint density at radius 2 is 1.81 bits per heavy atom. The van der Waals surface area contributed by atoms with Gasteiger partial charge >= 0.3 is 0 Å². The van der Waals surface area contributed by atoms with Crippen molar-refractivity contribution in [1.82, 2.24) is 15.1 Å². The molecule has 1 N–H and O–H groups in total. The SMILES string of the molecule is Brc1cc(CN2C[C@@H]3CC[C@H]2Cc2ccccc2C3)ccc1CNCCN1CCOCC1. The van der Waals surface area contributed by atoms with Gasteiger partial charge in [-0.05, 0) is 59.9 Å².